The summed E-state index contributed by atoms with van der Waals surface area (Å²) >= 11 is 0. The molecule has 0 spiro atoms. The predicted molar refractivity (Wildman–Crippen MR) is 323 cm³/mol. The van der Waals surface area contributed by atoms with Gasteiger partial charge in [-0.15, -0.1) is 0 Å². The number of hydrogen-bond acceptors (Lipinski definition) is 12. The second-order valence-corrected chi connectivity index (χ2v) is 28.1. The van der Waals surface area contributed by atoms with E-state index in [0.29, 0.717) is 25.7 Å². The first-order valence-electron chi connectivity index (χ1n) is 29.3. The number of phenols is 4. The van der Waals surface area contributed by atoms with Gasteiger partial charge < -0.3 is 39.4 Å². The summed E-state index contributed by atoms with van der Waals surface area (Å²) < 4.78 is 24.2. The third-order valence-electron chi connectivity index (χ3n) is 15.1. The van der Waals surface area contributed by atoms with E-state index in [2.05, 4.69) is 0 Å². The quantitative estimate of drug-likeness (QED) is 0.0385. The second kappa shape index (κ2) is 27.4. The molecule has 4 aromatic rings. The molecule has 0 aromatic heterocycles. The smallest absolute Gasteiger partial charge is 0.306 e. The number of hydrogen-bond donors (Lipinski definition) is 4. The van der Waals surface area contributed by atoms with Gasteiger partial charge in [-0.3, -0.25) is 19.2 Å². The Morgan fingerprint density at radius 3 is 0.654 bits per heavy atom. The minimum Gasteiger partial charge on any atom is -0.507 e. The minimum absolute atomic E-state index is 0.0189. The fraction of sp³-hybridized carbons (Fsp3) is 0.594. The number of rotatable bonds is 24. The van der Waals surface area contributed by atoms with Gasteiger partial charge in [0.25, 0.3) is 0 Å². The van der Waals surface area contributed by atoms with E-state index < -0.39 is 55.7 Å². The van der Waals surface area contributed by atoms with Crippen LogP contribution in [0, 0.1) is 5.41 Å². The maximum atomic E-state index is 14.0. The van der Waals surface area contributed by atoms with Crippen molar-refractivity contribution in [2.75, 3.05) is 26.4 Å². The molecule has 0 saturated heterocycles. The standard InChI is InChI=1S/C69H100O12/c1-41(2)49-29-45(33-53(61(49)74)65(9,10)11)21-25-57(70)78-37-69(38-79-58(71)26-22-46-30-50(42(3)4)62(75)54(34-46)66(12,13)14,39-80-59(72)27-23-47-31-51(43(5)6)63(76)55(35-47)67(15,16)17)40-81-60(73)28-24-48-32-52(44(7)8)64(77)56(36-48)68(18,19)20/h29-36,41-44,74-77H,21-28,37-40H2,1-20H3. The second-order valence-electron chi connectivity index (χ2n) is 28.1. The molecule has 0 atom stereocenters. The van der Waals surface area contributed by atoms with Gasteiger partial charge in [0.05, 0.1) is 0 Å². The summed E-state index contributed by atoms with van der Waals surface area (Å²) in [4.78, 5) is 55.9. The molecule has 4 rings (SSSR count). The molecule has 12 nitrogen and oxygen atoms in total. The lowest BCUT2D eigenvalue weighted by Gasteiger charge is -2.32. The number of carbonyl (C=O) groups is 4. The van der Waals surface area contributed by atoms with E-state index in [4.69, 9.17) is 18.9 Å². The number of ether oxygens (including phenoxy) is 4. The summed E-state index contributed by atoms with van der Waals surface area (Å²) in [6.45, 7) is 38.5. The number of aryl methyl sites for hydroxylation is 4. The van der Waals surface area contributed by atoms with Crippen molar-refractivity contribution in [2.24, 2.45) is 5.41 Å². The zero-order chi connectivity index (χ0) is 61.3. The summed E-state index contributed by atoms with van der Waals surface area (Å²) in [5.41, 5.74) is 6.48. The Labute approximate surface area is 485 Å². The lowest BCUT2D eigenvalue weighted by molar-refractivity contribution is -0.170. The van der Waals surface area contributed by atoms with Gasteiger partial charge in [0, 0.05) is 25.7 Å². The first-order chi connectivity index (χ1) is 37.2. The van der Waals surface area contributed by atoms with Crippen LogP contribution in [0.4, 0.5) is 0 Å². The minimum atomic E-state index is -1.56. The number of aromatic hydroxyl groups is 4. The molecule has 0 aliphatic heterocycles. The van der Waals surface area contributed by atoms with Gasteiger partial charge in [0.1, 0.15) is 54.8 Å². The fourth-order valence-electron chi connectivity index (χ4n) is 9.96. The van der Waals surface area contributed by atoms with Crippen LogP contribution in [0.25, 0.3) is 0 Å². The average Bonchev–Trinajstić information content (AvgIpc) is 3.34. The van der Waals surface area contributed by atoms with Gasteiger partial charge in [0.15, 0.2) is 0 Å². The van der Waals surface area contributed by atoms with Crippen molar-refractivity contribution in [3.05, 3.63) is 115 Å². The molecular formula is C69H100O12. The zero-order valence-corrected chi connectivity index (χ0v) is 53.0. The van der Waals surface area contributed by atoms with Crippen molar-refractivity contribution in [3.8, 4) is 23.0 Å². The Kier molecular flexibility index (Phi) is 22.8. The third kappa shape index (κ3) is 19.0. The Bertz CT molecular complexity index is 2450. The van der Waals surface area contributed by atoms with E-state index in [1.165, 1.54) is 0 Å². The Balaban J connectivity index is 1.72. The normalized spacial score (nSPS) is 12.6. The molecule has 0 bridgehead atoms. The van der Waals surface area contributed by atoms with Crippen molar-refractivity contribution in [3.63, 3.8) is 0 Å². The van der Waals surface area contributed by atoms with Crippen LogP contribution < -0.4 is 0 Å². The molecule has 0 aliphatic rings. The van der Waals surface area contributed by atoms with Crippen molar-refractivity contribution < 1.29 is 58.6 Å². The number of benzene rings is 4. The highest BCUT2D eigenvalue weighted by molar-refractivity contribution is 5.72. The van der Waals surface area contributed by atoms with Gasteiger partial charge in [0.2, 0.25) is 0 Å². The van der Waals surface area contributed by atoms with E-state index >= 15 is 0 Å². The lowest BCUT2D eigenvalue weighted by Crippen LogP contribution is -2.44. The first kappa shape index (κ1) is 67.5. The molecule has 0 aliphatic carbocycles. The molecule has 0 heterocycles. The average molecular weight is 1120 g/mol. The molecule has 0 amide bonds. The molecular weight excluding hydrogens is 1020 g/mol. The zero-order valence-electron chi connectivity index (χ0n) is 53.0. The van der Waals surface area contributed by atoms with Crippen LogP contribution in [0.3, 0.4) is 0 Å². The van der Waals surface area contributed by atoms with E-state index in [9.17, 15) is 39.6 Å². The molecule has 448 valence electrons. The largest absolute Gasteiger partial charge is 0.507 e. The maximum absolute atomic E-state index is 14.0. The van der Waals surface area contributed by atoms with Crippen molar-refractivity contribution in [2.45, 2.75) is 235 Å². The van der Waals surface area contributed by atoms with Crippen LogP contribution in [0.1, 0.15) is 255 Å². The highest BCUT2D eigenvalue weighted by Crippen LogP contribution is 2.42. The van der Waals surface area contributed by atoms with Gasteiger partial charge in [-0.25, -0.2) is 0 Å². The molecule has 0 radical (unpaired) electrons. The van der Waals surface area contributed by atoms with Crippen LogP contribution >= 0.6 is 0 Å². The van der Waals surface area contributed by atoms with Crippen LogP contribution in [0.15, 0.2) is 48.5 Å². The Morgan fingerprint density at radius 1 is 0.333 bits per heavy atom. The number of carbonyl (C=O) groups excluding carboxylic acids is 4. The first-order valence-corrected chi connectivity index (χ1v) is 29.3. The summed E-state index contributed by atoms with van der Waals surface area (Å²) in [6, 6.07) is 15.3. The molecule has 4 N–H and O–H groups in total. The van der Waals surface area contributed by atoms with E-state index in [1.807, 2.05) is 187 Å². The summed E-state index contributed by atoms with van der Waals surface area (Å²) in [5.74, 6) is -1.33. The van der Waals surface area contributed by atoms with Crippen LogP contribution in [-0.2, 0) is 85.5 Å². The lowest BCUT2D eigenvalue weighted by atomic mass is 9.82. The Hall–Kier alpha value is -6.04. The fourth-order valence-corrected chi connectivity index (χ4v) is 9.96. The molecule has 12 heteroatoms. The molecule has 0 saturated carbocycles. The summed E-state index contributed by atoms with van der Waals surface area (Å²) in [7, 11) is 0. The van der Waals surface area contributed by atoms with E-state index in [-0.39, 0.29) is 94.0 Å². The van der Waals surface area contributed by atoms with Crippen LogP contribution in [0.5, 0.6) is 23.0 Å². The van der Waals surface area contributed by atoms with Crippen molar-refractivity contribution in [1.82, 2.24) is 0 Å². The predicted octanol–water partition coefficient (Wildman–Crippen LogP) is 15.2. The highest BCUT2D eigenvalue weighted by Gasteiger charge is 2.39. The third-order valence-corrected chi connectivity index (χ3v) is 15.1. The number of esters is 4. The van der Waals surface area contributed by atoms with Crippen LogP contribution in [-0.4, -0.2) is 70.7 Å². The maximum Gasteiger partial charge on any atom is 0.306 e. The number of phenolic OH excluding ortho intramolecular Hbond substituents is 4. The van der Waals surface area contributed by atoms with Gasteiger partial charge in [-0.2, -0.15) is 0 Å². The SMILES string of the molecule is CC(C)c1cc(CCC(=O)OCC(COC(=O)CCc2cc(C(C)C)c(O)c(C(C)(C)C)c2)(COC(=O)CCc2cc(C(C)C)c(O)c(C(C)(C)C)c2)COC(=O)CCc2cc(C(C)C)c(O)c(C(C)(C)C)c2)cc(C(C)(C)C)c1O. The van der Waals surface area contributed by atoms with E-state index in [0.717, 1.165) is 66.8 Å². The monoisotopic (exact) mass is 1120 g/mol. The molecule has 0 unspecified atom stereocenters. The van der Waals surface area contributed by atoms with Gasteiger partial charge in [-0.05, 0) is 138 Å². The summed E-state index contributed by atoms with van der Waals surface area (Å²) in [5, 5.41) is 44.9. The molecule has 81 heavy (non-hydrogen) atoms. The van der Waals surface area contributed by atoms with Gasteiger partial charge >= 0.3 is 23.9 Å². The van der Waals surface area contributed by atoms with Crippen molar-refractivity contribution >= 4 is 23.9 Å². The van der Waals surface area contributed by atoms with Gasteiger partial charge in [-0.1, -0.05) is 187 Å². The summed E-state index contributed by atoms with van der Waals surface area (Å²) in [6.07, 6.45) is 0.968. The Morgan fingerprint density at radius 2 is 0.506 bits per heavy atom. The molecule has 4 aromatic carbocycles. The highest BCUT2D eigenvalue weighted by atomic mass is 16.6. The van der Waals surface area contributed by atoms with E-state index in [1.54, 1.807) is 0 Å². The van der Waals surface area contributed by atoms with Crippen molar-refractivity contribution in [1.29, 1.82) is 0 Å². The molecule has 0 fully saturated rings. The topological polar surface area (TPSA) is 186 Å². The van der Waals surface area contributed by atoms with Crippen LogP contribution in [0.2, 0.25) is 0 Å².